The van der Waals surface area contributed by atoms with E-state index in [4.69, 9.17) is 9.26 Å². The second-order valence-corrected chi connectivity index (χ2v) is 5.06. The average Bonchev–Trinajstić information content (AvgIpc) is 3.06. The normalized spacial score (nSPS) is 12.1. The van der Waals surface area contributed by atoms with Gasteiger partial charge in [-0.05, 0) is 36.2 Å². The Morgan fingerprint density at radius 3 is 2.41 bits per heavy atom. The van der Waals surface area contributed by atoms with E-state index in [-0.39, 0.29) is 5.92 Å². The number of hydrogen-bond acceptors (Lipinski definition) is 4. The molecule has 1 aromatic heterocycles. The van der Waals surface area contributed by atoms with Gasteiger partial charge < -0.3 is 9.26 Å². The summed E-state index contributed by atoms with van der Waals surface area (Å²) in [6.07, 6.45) is 0.911. The van der Waals surface area contributed by atoms with Crippen molar-refractivity contribution in [3.05, 3.63) is 66.1 Å². The summed E-state index contributed by atoms with van der Waals surface area (Å²) >= 11 is 0. The first-order chi connectivity index (χ1) is 10.8. The second kappa shape index (κ2) is 6.43. The van der Waals surface area contributed by atoms with Crippen molar-refractivity contribution in [2.45, 2.75) is 19.3 Å². The number of methoxy groups -OCH3 is 1. The van der Waals surface area contributed by atoms with Crippen molar-refractivity contribution >= 4 is 0 Å². The summed E-state index contributed by atoms with van der Waals surface area (Å²) in [7, 11) is 1.65. The molecule has 0 fully saturated rings. The fourth-order valence-corrected chi connectivity index (χ4v) is 2.47. The molecule has 3 rings (SSSR count). The lowest BCUT2D eigenvalue weighted by atomic mass is 9.96. The van der Waals surface area contributed by atoms with Gasteiger partial charge in [-0.2, -0.15) is 4.98 Å². The molecule has 3 aromatic rings. The topological polar surface area (TPSA) is 48.2 Å². The molecular formula is C18H18N2O2. The largest absolute Gasteiger partial charge is 0.497 e. The highest BCUT2D eigenvalue weighted by atomic mass is 16.5. The van der Waals surface area contributed by atoms with Crippen molar-refractivity contribution in [2.24, 2.45) is 0 Å². The quantitative estimate of drug-likeness (QED) is 0.704. The predicted molar refractivity (Wildman–Crippen MR) is 84.9 cm³/mol. The van der Waals surface area contributed by atoms with E-state index in [0.717, 1.165) is 17.7 Å². The monoisotopic (exact) mass is 294 g/mol. The molecule has 1 atom stereocenters. The van der Waals surface area contributed by atoms with Crippen LogP contribution in [0.25, 0.3) is 11.4 Å². The number of aromatic nitrogens is 2. The van der Waals surface area contributed by atoms with E-state index in [1.165, 1.54) is 5.56 Å². The van der Waals surface area contributed by atoms with Crippen LogP contribution >= 0.6 is 0 Å². The highest BCUT2D eigenvalue weighted by Crippen LogP contribution is 2.28. The highest BCUT2D eigenvalue weighted by Gasteiger charge is 2.19. The summed E-state index contributed by atoms with van der Waals surface area (Å²) in [5.41, 5.74) is 2.11. The zero-order valence-electron chi connectivity index (χ0n) is 12.7. The van der Waals surface area contributed by atoms with Gasteiger partial charge in [0.05, 0.1) is 13.0 Å². The van der Waals surface area contributed by atoms with Gasteiger partial charge in [-0.15, -0.1) is 0 Å². The Balaban J connectivity index is 1.88. The lowest BCUT2D eigenvalue weighted by molar-refractivity contribution is 0.363. The van der Waals surface area contributed by atoms with Gasteiger partial charge in [0.1, 0.15) is 5.75 Å². The molecule has 4 heteroatoms. The number of ether oxygens (including phenoxy) is 1. The van der Waals surface area contributed by atoms with E-state index in [1.807, 2.05) is 42.5 Å². The second-order valence-electron chi connectivity index (χ2n) is 5.06. The smallest absolute Gasteiger partial charge is 0.234 e. The van der Waals surface area contributed by atoms with E-state index in [9.17, 15) is 0 Å². The van der Waals surface area contributed by atoms with Crippen LogP contribution in [-0.2, 0) is 0 Å². The zero-order valence-corrected chi connectivity index (χ0v) is 12.7. The summed E-state index contributed by atoms with van der Waals surface area (Å²) in [5.74, 6) is 2.19. The molecule has 0 N–H and O–H groups in total. The number of rotatable bonds is 5. The first kappa shape index (κ1) is 14.3. The molecule has 0 radical (unpaired) electrons. The fraction of sp³-hybridized carbons (Fsp3) is 0.222. The third-order valence-electron chi connectivity index (χ3n) is 3.70. The Kier molecular flexibility index (Phi) is 4.19. The Morgan fingerprint density at radius 2 is 1.77 bits per heavy atom. The first-order valence-electron chi connectivity index (χ1n) is 7.34. The molecule has 0 aliphatic carbocycles. The van der Waals surface area contributed by atoms with Crippen LogP contribution < -0.4 is 4.74 Å². The van der Waals surface area contributed by atoms with Crippen LogP contribution in [0.3, 0.4) is 0 Å². The van der Waals surface area contributed by atoms with E-state index >= 15 is 0 Å². The van der Waals surface area contributed by atoms with Crippen molar-refractivity contribution in [3.63, 3.8) is 0 Å². The number of benzene rings is 2. The van der Waals surface area contributed by atoms with Crippen molar-refractivity contribution < 1.29 is 9.26 Å². The summed E-state index contributed by atoms with van der Waals surface area (Å²) < 4.78 is 10.7. The summed E-state index contributed by atoms with van der Waals surface area (Å²) in [6, 6.07) is 17.9. The number of nitrogens with zero attached hydrogens (tertiary/aromatic N) is 2. The Hall–Kier alpha value is -2.62. The van der Waals surface area contributed by atoms with Gasteiger partial charge in [0.2, 0.25) is 11.7 Å². The average molecular weight is 294 g/mol. The first-order valence-corrected chi connectivity index (χ1v) is 7.34. The SMILES string of the molecule is CC[C@H](c1ccccc1)c1nc(-c2ccc(OC)cc2)no1. The minimum atomic E-state index is 0.126. The van der Waals surface area contributed by atoms with Crippen LogP contribution in [0.5, 0.6) is 5.75 Å². The van der Waals surface area contributed by atoms with Gasteiger partial charge >= 0.3 is 0 Å². The zero-order chi connectivity index (χ0) is 15.4. The van der Waals surface area contributed by atoms with Crippen LogP contribution in [0.4, 0.5) is 0 Å². The van der Waals surface area contributed by atoms with Crippen LogP contribution in [0, 0.1) is 0 Å². The highest BCUT2D eigenvalue weighted by molar-refractivity contribution is 5.55. The molecule has 0 bridgehead atoms. The molecule has 0 amide bonds. The van der Waals surface area contributed by atoms with Crippen LogP contribution in [0.1, 0.15) is 30.7 Å². The minimum Gasteiger partial charge on any atom is -0.497 e. The summed E-state index contributed by atoms with van der Waals surface area (Å²) in [6.45, 7) is 2.12. The molecule has 1 heterocycles. The predicted octanol–water partition coefficient (Wildman–Crippen LogP) is 4.29. The van der Waals surface area contributed by atoms with Gasteiger partial charge in [-0.1, -0.05) is 42.4 Å². The van der Waals surface area contributed by atoms with Gasteiger partial charge in [0, 0.05) is 5.56 Å². The van der Waals surface area contributed by atoms with Crippen molar-refractivity contribution in [1.29, 1.82) is 0 Å². The Bertz CT molecular complexity index is 720. The summed E-state index contributed by atoms with van der Waals surface area (Å²) in [5, 5.41) is 4.11. The van der Waals surface area contributed by atoms with Gasteiger partial charge in [0.25, 0.3) is 0 Å². The van der Waals surface area contributed by atoms with Crippen LogP contribution in [-0.4, -0.2) is 17.3 Å². The molecule has 22 heavy (non-hydrogen) atoms. The lowest BCUT2D eigenvalue weighted by Crippen LogP contribution is -1.99. The molecule has 0 aliphatic heterocycles. The molecule has 0 unspecified atom stereocenters. The number of hydrogen-bond donors (Lipinski definition) is 0. The molecule has 112 valence electrons. The van der Waals surface area contributed by atoms with E-state index in [2.05, 4.69) is 29.2 Å². The van der Waals surface area contributed by atoms with Crippen molar-refractivity contribution in [2.75, 3.05) is 7.11 Å². The molecule has 0 aliphatic rings. The molecule has 0 spiro atoms. The molecule has 0 saturated carbocycles. The van der Waals surface area contributed by atoms with Gasteiger partial charge in [0.15, 0.2) is 0 Å². The standard InChI is InChI=1S/C18H18N2O2/c1-3-16(13-7-5-4-6-8-13)18-19-17(20-22-18)14-9-11-15(21-2)12-10-14/h4-12,16H,3H2,1-2H3/t16-/m1/s1. The van der Waals surface area contributed by atoms with E-state index in [1.54, 1.807) is 7.11 Å². The molecular weight excluding hydrogens is 276 g/mol. The minimum absolute atomic E-state index is 0.126. The van der Waals surface area contributed by atoms with Crippen LogP contribution in [0.2, 0.25) is 0 Å². The fourth-order valence-electron chi connectivity index (χ4n) is 2.47. The third kappa shape index (κ3) is 2.86. The Labute approximate surface area is 129 Å². The molecule has 2 aromatic carbocycles. The van der Waals surface area contributed by atoms with Crippen molar-refractivity contribution in [3.8, 4) is 17.1 Å². The van der Waals surface area contributed by atoms with Crippen LogP contribution in [0.15, 0.2) is 59.1 Å². The lowest BCUT2D eigenvalue weighted by Gasteiger charge is -2.09. The van der Waals surface area contributed by atoms with Crippen molar-refractivity contribution in [1.82, 2.24) is 10.1 Å². The molecule has 0 saturated heterocycles. The summed E-state index contributed by atoms with van der Waals surface area (Å²) in [4.78, 5) is 4.56. The maximum Gasteiger partial charge on any atom is 0.234 e. The maximum atomic E-state index is 5.49. The third-order valence-corrected chi connectivity index (χ3v) is 3.70. The maximum absolute atomic E-state index is 5.49. The molecule has 4 nitrogen and oxygen atoms in total. The Morgan fingerprint density at radius 1 is 1.05 bits per heavy atom. The van der Waals surface area contributed by atoms with Gasteiger partial charge in [-0.25, -0.2) is 0 Å². The van der Waals surface area contributed by atoms with E-state index < -0.39 is 0 Å². The van der Waals surface area contributed by atoms with Gasteiger partial charge in [-0.3, -0.25) is 0 Å². The van der Waals surface area contributed by atoms with E-state index in [0.29, 0.717) is 11.7 Å².